The number of benzene rings is 2. The minimum Gasteiger partial charge on any atom is -0.435 e. The fraction of sp³-hybridized carbons (Fsp3) is 0.0714. The highest BCUT2D eigenvalue weighted by atomic mass is 19.3. The molecular weight excluding hydrogens is 282 g/mol. The van der Waals surface area contributed by atoms with Gasteiger partial charge in [-0.05, 0) is 18.2 Å². The van der Waals surface area contributed by atoms with Crippen molar-refractivity contribution in [2.75, 3.05) is 0 Å². The summed E-state index contributed by atoms with van der Waals surface area (Å²) in [4.78, 5) is 13.8. The topological polar surface area (TPSA) is 69.2 Å². The Kier molecular flexibility index (Phi) is 2.90. The van der Waals surface area contributed by atoms with Gasteiger partial charge in [0.25, 0.3) is 11.6 Å². The summed E-state index contributed by atoms with van der Waals surface area (Å²) in [6.07, 6.45) is 0. The van der Waals surface area contributed by atoms with Crippen LogP contribution in [0.25, 0.3) is 11.1 Å². The predicted molar refractivity (Wildman–Crippen MR) is 70.1 cm³/mol. The van der Waals surface area contributed by atoms with Crippen LogP contribution in [0, 0.1) is 10.1 Å². The number of hydrogen-bond acceptors (Lipinski definition) is 4. The van der Waals surface area contributed by atoms with Gasteiger partial charge in [0, 0.05) is 6.07 Å². The highest BCUT2D eigenvalue weighted by Gasteiger charge is 2.44. The van der Waals surface area contributed by atoms with Crippen LogP contribution in [0.4, 0.5) is 14.5 Å². The molecule has 0 amide bonds. The Morgan fingerprint density at radius 3 is 2.48 bits per heavy atom. The molecule has 0 fully saturated rings. The Labute approximate surface area is 117 Å². The van der Waals surface area contributed by atoms with Crippen LogP contribution in [0.5, 0.6) is 0 Å². The summed E-state index contributed by atoms with van der Waals surface area (Å²) in [6.45, 7) is 0. The maximum Gasteiger partial charge on any atom is 0.354 e. The zero-order chi connectivity index (χ0) is 15.0. The van der Waals surface area contributed by atoms with E-state index in [1.807, 2.05) is 0 Å². The zero-order valence-corrected chi connectivity index (χ0v) is 10.5. The van der Waals surface area contributed by atoms with Gasteiger partial charge in [-0.1, -0.05) is 24.3 Å². The number of fused-ring (bicyclic) bond motifs is 1. The fourth-order valence-corrected chi connectivity index (χ4v) is 2.02. The average Bonchev–Trinajstić information content (AvgIpc) is 2.92. The maximum atomic E-state index is 14.5. The first kappa shape index (κ1) is 13.2. The van der Waals surface area contributed by atoms with Crippen LogP contribution in [0.3, 0.4) is 0 Å². The molecule has 0 unspecified atom stereocenters. The second-order valence-corrected chi connectivity index (χ2v) is 4.34. The van der Waals surface area contributed by atoms with Gasteiger partial charge in [-0.15, -0.1) is 0 Å². The number of nitro groups is 1. The van der Waals surface area contributed by atoms with Crippen LogP contribution in [0.1, 0.15) is 11.5 Å². The molecule has 0 spiro atoms. The van der Waals surface area contributed by atoms with Crippen molar-refractivity contribution in [3.05, 3.63) is 70.1 Å². The van der Waals surface area contributed by atoms with Crippen LogP contribution in [0.15, 0.2) is 52.9 Å². The zero-order valence-electron chi connectivity index (χ0n) is 10.5. The first-order valence-corrected chi connectivity index (χ1v) is 5.98. The predicted octanol–water partition coefficient (Wildman–Crippen LogP) is 3.88. The van der Waals surface area contributed by atoms with Gasteiger partial charge in [-0.2, -0.15) is 8.78 Å². The molecule has 0 aliphatic carbocycles. The molecule has 0 atom stereocenters. The Morgan fingerprint density at radius 2 is 1.76 bits per heavy atom. The molecule has 0 aliphatic heterocycles. The van der Waals surface area contributed by atoms with Crippen molar-refractivity contribution in [3.8, 4) is 0 Å². The number of rotatable bonds is 3. The van der Waals surface area contributed by atoms with E-state index in [9.17, 15) is 18.9 Å². The van der Waals surface area contributed by atoms with Crippen molar-refractivity contribution in [2.45, 2.75) is 5.92 Å². The SMILES string of the molecule is O=[N+]([O-])c1ccccc1C(F)(F)c1nc2ccccc2o1. The molecule has 21 heavy (non-hydrogen) atoms. The number of nitrogens with zero attached hydrogens (tertiary/aromatic N) is 2. The molecule has 7 heteroatoms. The highest BCUT2D eigenvalue weighted by molar-refractivity contribution is 5.72. The molecule has 0 saturated carbocycles. The molecular formula is C14H8F2N2O3. The number of para-hydroxylation sites is 3. The number of alkyl halides is 2. The molecule has 0 aliphatic rings. The van der Waals surface area contributed by atoms with Crippen molar-refractivity contribution >= 4 is 16.8 Å². The molecule has 0 saturated heterocycles. The van der Waals surface area contributed by atoms with E-state index < -0.39 is 28.0 Å². The summed E-state index contributed by atoms with van der Waals surface area (Å²) in [7, 11) is 0. The lowest BCUT2D eigenvalue weighted by Crippen LogP contribution is -2.17. The van der Waals surface area contributed by atoms with E-state index in [2.05, 4.69) is 4.98 Å². The van der Waals surface area contributed by atoms with Gasteiger partial charge in [0.05, 0.1) is 4.92 Å². The third-order valence-corrected chi connectivity index (χ3v) is 3.00. The first-order valence-electron chi connectivity index (χ1n) is 5.98. The minimum absolute atomic E-state index is 0.200. The standard InChI is InChI=1S/C14H8F2N2O3/c15-14(16,9-5-1-3-7-11(9)18(19)20)13-17-10-6-2-4-8-12(10)21-13/h1-8H. The summed E-state index contributed by atoms with van der Waals surface area (Å²) in [6, 6.07) is 10.9. The molecule has 106 valence electrons. The van der Waals surface area contributed by atoms with Gasteiger partial charge in [0.2, 0.25) is 0 Å². The van der Waals surface area contributed by atoms with Crippen molar-refractivity contribution in [2.24, 2.45) is 0 Å². The molecule has 1 heterocycles. The van der Waals surface area contributed by atoms with E-state index in [0.29, 0.717) is 0 Å². The molecule has 2 aromatic carbocycles. The Bertz CT molecular complexity index is 797. The molecule has 0 bridgehead atoms. The van der Waals surface area contributed by atoms with Gasteiger partial charge in [0.1, 0.15) is 11.1 Å². The molecule has 1 aromatic heterocycles. The highest BCUT2D eigenvalue weighted by Crippen LogP contribution is 2.40. The summed E-state index contributed by atoms with van der Waals surface area (Å²) < 4.78 is 34.0. The molecule has 5 nitrogen and oxygen atoms in total. The minimum atomic E-state index is -3.69. The number of hydrogen-bond donors (Lipinski definition) is 0. The Morgan fingerprint density at radius 1 is 1.10 bits per heavy atom. The van der Waals surface area contributed by atoms with Crippen molar-refractivity contribution in [3.63, 3.8) is 0 Å². The van der Waals surface area contributed by atoms with Crippen LogP contribution in [-0.2, 0) is 5.92 Å². The number of oxazole rings is 1. The fourth-order valence-electron chi connectivity index (χ4n) is 2.02. The lowest BCUT2D eigenvalue weighted by atomic mass is 10.1. The summed E-state index contributed by atoms with van der Waals surface area (Å²) in [5.41, 5.74) is -0.956. The van der Waals surface area contributed by atoms with E-state index in [4.69, 9.17) is 4.42 Å². The van der Waals surface area contributed by atoms with Crippen molar-refractivity contribution in [1.82, 2.24) is 4.98 Å². The van der Waals surface area contributed by atoms with Crippen LogP contribution >= 0.6 is 0 Å². The maximum absolute atomic E-state index is 14.5. The third-order valence-electron chi connectivity index (χ3n) is 3.00. The first-order chi connectivity index (χ1) is 10.00. The van der Waals surface area contributed by atoms with E-state index in [0.717, 1.165) is 12.1 Å². The van der Waals surface area contributed by atoms with Crippen molar-refractivity contribution in [1.29, 1.82) is 0 Å². The second kappa shape index (κ2) is 4.62. The van der Waals surface area contributed by atoms with E-state index >= 15 is 0 Å². The van der Waals surface area contributed by atoms with Crippen molar-refractivity contribution < 1.29 is 18.1 Å². The van der Waals surface area contributed by atoms with Crippen LogP contribution in [0.2, 0.25) is 0 Å². The van der Waals surface area contributed by atoms with Gasteiger partial charge in [-0.3, -0.25) is 10.1 Å². The molecule has 0 radical (unpaired) electrons. The molecule has 0 N–H and O–H groups in total. The summed E-state index contributed by atoms with van der Waals surface area (Å²) in [5.74, 6) is -4.55. The largest absolute Gasteiger partial charge is 0.435 e. The Balaban J connectivity index is 2.18. The lowest BCUT2D eigenvalue weighted by Gasteiger charge is -2.12. The second-order valence-electron chi connectivity index (χ2n) is 4.34. The van der Waals surface area contributed by atoms with E-state index in [-0.39, 0.29) is 11.1 Å². The number of aromatic nitrogens is 1. The lowest BCUT2D eigenvalue weighted by molar-refractivity contribution is -0.386. The van der Waals surface area contributed by atoms with E-state index in [1.54, 1.807) is 12.1 Å². The third kappa shape index (κ3) is 2.12. The number of nitro benzene ring substituents is 1. The summed E-state index contributed by atoms with van der Waals surface area (Å²) in [5, 5.41) is 10.9. The summed E-state index contributed by atoms with van der Waals surface area (Å²) >= 11 is 0. The monoisotopic (exact) mass is 290 g/mol. The van der Waals surface area contributed by atoms with Crippen LogP contribution < -0.4 is 0 Å². The number of halogens is 2. The van der Waals surface area contributed by atoms with Gasteiger partial charge < -0.3 is 4.42 Å². The average molecular weight is 290 g/mol. The molecule has 3 aromatic rings. The Hall–Kier alpha value is -2.83. The quantitative estimate of drug-likeness (QED) is 0.542. The van der Waals surface area contributed by atoms with Gasteiger partial charge in [0.15, 0.2) is 5.58 Å². The van der Waals surface area contributed by atoms with Gasteiger partial charge in [-0.25, -0.2) is 4.98 Å². The smallest absolute Gasteiger partial charge is 0.354 e. The normalized spacial score (nSPS) is 11.7. The van der Waals surface area contributed by atoms with E-state index in [1.165, 1.54) is 24.3 Å². The van der Waals surface area contributed by atoms with Gasteiger partial charge >= 0.3 is 5.92 Å². The molecule has 3 rings (SSSR count). The van der Waals surface area contributed by atoms with Crippen LogP contribution in [-0.4, -0.2) is 9.91 Å².